The number of nitro benzene ring substituents is 1. The van der Waals surface area contributed by atoms with Crippen LogP contribution in [-0.4, -0.2) is 14.9 Å². The molecule has 0 aliphatic carbocycles. The summed E-state index contributed by atoms with van der Waals surface area (Å²) in [4.78, 5) is 19.7. The third-order valence-electron chi connectivity index (χ3n) is 3.89. The van der Waals surface area contributed by atoms with Gasteiger partial charge in [-0.1, -0.05) is 6.07 Å². The molecule has 134 valence electrons. The predicted molar refractivity (Wildman–Crippen MR) is 101 cm³/mol. The van der Waals surface area contributed by atoms with Gasteiger partial charge in [0.05, 0.1) is 31.8 Å². The fourth-order valence-corrected chi connectivity index (χ4v) is 3.58. The molecule has 0 radical (unpaired) electrons. The van der Waals surface area contributed by atoms with Gasteiger partial charge >= 0.3 is 0 Å². The van der Waals surface area contributed by atoms with E-state index in [1.54, 1.807) is 18.5 Å². The van der Waals surface area contributed by atoms with Crippen LogP contribution in [0.4, 0.5) is 10.1 Å². The van der Waals surface area contributed by atoms with Crippen molar-refractivity contribution in [2.75, 3.05) is 0 Å². The molecule has 0 saturated carbocycles. The van der Waals surface area contributed by atoms with Crippen molar-refractivity contribution in [2.24, 2.45) is 0 Å². The zero-order valence-electron chi connectivity index (χ0n) is 14.0. The highest BCUT2D eigenvalue weighted by Crippen LogP contribution is 2.39. The second kappa shape index (κ2) is 6.73. The molecular weight excluding hydrogens is 369 g/mol. The summed E-state index contributed by atoms with van der Waals surface area (Å²) in [6, 6.07) is 10.7. The molecule has 0 unspecified atom stereocenters. The molecule has 4 rings (SSSR count). The number of hydrogen-bond acceptors (Lipinski definition) is 6. The molecule has 8 heteroatoms. The van der Waals surface area contributed by atoms with Gasteiger partial charge in [0.2, 0.25) is 0 Å². The summed E-state index contributed by atoms with van der Waals surface area (Å²) in [5.41, 5.74) is 2.26. The van der Waals surface area contributed by atoms with Gasteiger partial charge in [0.1, 0.15) is 5.75 Å². The molecule has 0 aliphatic rings. The first-order valence-electron chi connectivity index (χ1n) is 7.94. The van der Waals surface area contributed by atoms with Crippen molar-refractivity contribution in [3.8, 4) is 22.1 Å². The molecule has 0 amide bonds. The first kappa shape index (κ1) is 17.0. The third kappa shape index (κ3) is 3.34. The van der Waals surface area contributed by atoms with E-state index < -0.39 is 10.7 Å². The Kier molecular flexibility index (Phi) is 4.25. The second-order valence-electron chi connectivity index (χ2n) is 5.83. The van der Waals surface area contributed by atoms with Gasteiger partial charge in [-0.3, -0.25) is 20.1 Å². The van der Waals surface area contributed by atoms with Crippen LogP contribution in [0.15, 0.2) is 54.9 Å². The lowest BCUT2D eigenvalue weighted by molar-refractivity contribution is -0.385. The third-order valence-corrected chi connectivity index (χ3v) is 5.05. The number of nitro groups is 1. The topological polar surface area (TPSA) is 78.2 Å². The summed E-state index contributed by atoms with van der Waals surface area (Å²) < 4.78 is 20.6. The van der Waals surface area contributed by atoms with Crippen molar-refractivity contribution in [1.82, 2.24) is 9.97 Å². The number of nitrogens with zero attached hydrogens (tertiary/aromatic N) is 3. The van der Waals surface area contributed by atoms with Crippen LogP contribution in [0.25, 0.3) is 20.8 Å². The molecular formula is C19H12FN3O3S. The van der Waals surface area contributed by atoms with E-state index in [0.29, 0.717) is 11.3 Å². The molecule has 0 bridgehead atoms. The molecule has 3 heterocycles. The highest BCUT2D eigenvalue weighted by atomic mass is 32.1. The number of pyridine rings is 2. The van der Waals surface area contributed by atoms with Crippen LogP contribution in [0.2, 0.25) is 0 Å². The number of thiophene rings is 1. The van der Waals surface area contributed by atoms with E-state index in [1.807, 2.05) is 25.1 Å². The number of non-ortho nitro benzene ring substituents is 1. The normalized spacial score (nSPS) is 10.9. The summed E-state index contributed by atoms with van der Waals surface area (Å²) in [5, 5.41) is 10.7. The largest absolute Gasteiger partial charge is 0.453 e. The van der Waals surface area contributed by atoms with Crippen molar-refractivity contribution in [2.45, 2.75) is 6.92 Å². The summed E-state index contributed by atoms with van der Waals surface area (Å²) >= 11 is 1.44. The Bertz CT molecular complexity index is 1160. The van der Waals surface area contributed by atoms with Crippen LogP contribution < -0.4 is 4.74 Å². The Morgan fingerprint density at radius 2 is 1.96 bits per heavy atom. The number of aromatic nitrogens is 2. The van der Waals surface area contributed by atoms with Crippen molar-refractivity contribution >= 4 is 27.2 Å². The maximum atomic E-state index is 14.2. The Hall–Kier alpha value is -3.39. The Labute approximate surface area is 157 Å². The van der Waals surface area contributed by atoms with Crippen molar-refractivity contribution < 1.29 is 14.1 Å². The van der Waals surface area contributed by atoms with Gasteiger partial charge in [-0.2, -0.15) is 0 Å². The van der Waals surface area contributed by atoms with E-state index in [1.165, 1.54) is 23.5 Å². The Morgan fingerprint density at radius 3 is 2.67 bits per heavy atom. The SMILES string of the molecule is Cc1ccc(-c2cc3nccc(Oc4ccc([N+](=O)[O-])cc4F)c3s2)nc1. The number of ether oxygens (including phenoxy) is 1. The van der Waals surface area contributed by atoms with Crippen molar-refractivity contribution in [3.05, 3.63) is 76.4 Å². The minimum Gasteiger partial charge on any atom is -0.453 e. The highest BCUT2D eigenvalue weighted by Gasteiger charge is 2.15. The van der Waals surface area contributed by atoms with Gasteiger partial charge in [-0.25, -0.2) is 4.39 Å². The van der Waals surface area contributed by atoms with Gasteiger partial charge < -0.3 is 4.74 Å². The maximum absolute atomic E-state index is 14.2. The fourth-order valence-electron chi connectivity index (χ4n) is 2.54. The van der Waals surface area contributed by atoms with Crippen molar-refractivity contribution in [1.29, 1.82) is 0 Å². The molecule has 1 aromatic carbocycles. The molecule has 0 aliphatic heterocycles. The number of aryl methyl sites for hydroxylation is 1. The number of fused-ring (bicyclic) bond motifs is 1. The van der Waals surface area contributed by atoms with Crippen LogP contribution in [0.5, 0.6) is 11.5 Å². The van der Waals surface area contributed by atoms with Crippen LogP contribution in [0, 0.1) is 22.9 Å². The average Bonchev–Trinajstić information content (AvgIpc) is 3.09. The van der Waals surface area contributed by atoms with E-state index in [-0.39, 0.29) is 11.4 Å². The van der Waals surface area contributed by atoms with Crippen LogP contribution >= 0.6 is 11.3 Å². The monoisotopic (exact) mass is 381 g/mol. The maximum Gasteiger partial charge on any atom is 0.272 e. The lowest BCUT2D eigenvalue weighted by Gasteiger charge is -2.07. The predicted octanol–water partition coefficient (Wildman–Crippen LogP) is 5.51. The molecule has 0 atom stereocenters. The first-order chi connectivity index (χ1) is 13.0. The van der Waals surface area contributed by atoms with Crippen molar-refractivity contribution in [3.63, 3.8) is 0 Å². The Balaban J connectivity index is 1.72. The molecule has 0 N–H and O–H groups in total. The van der Waals surface area contributed by atoms with E-state index in [0.717, 1.165) is 26.9 Å². The molecule has 0 spiro atoms. The molecule has 27 heavy (non-hydrogen) atoms. The molecule has 3 aromatic heterocycles. The van der Waals surface area contributed by atoms with Gasteiger partial charge in [-0.05, 0) is 30.7 Å². The number of halogens is 1. The molecule has 6 nitrogen and oxygen atoms in total. The smallest absolute Gasteiger partial charge is 0.272 e. The van der Waals surface area contributed by atoms with Gasteiger partial charge in [0, 0.05) is 24.5 Å². The van der Waals surface area contributed by atoms with Gasteiger partial charge in [0.15, 0.2) is 11.6 Å². The zero-order valence-corrected chi connectivity index (χ0v) is 14.9. The lowest BCUT2D eigenvalue weighted by Crippen LogP contribution is -1.92. The van der Waals surface area contributed by atoms with Crippen LogP contribution in [0.1, 0.15) is 5.56 Å². The standard InChI is InChI=1S/C19H12FN3O3S/c1-11-2-4-14(22-10-11)18-9-15-19(27-18)17(6-7-21-15)26-16-5-3-12(23(24)25)8-13(16)20/h2-10H,1H3. The minimum absolute atomic E-state index is 0.0866. The van der Waals surface area contributed by atoms with Crippen LogP contribution in [-0.2, 0) is 0 Å². The summed E-state index contributed by atoms with van der Waals surface area (Å²) in [6.45, 7) is 1.97. The first-order valence-corrected chi connectivity index (χ1v) is 8.76. The summed E-state index contributed by atoms with van der Waals surface area (Å²) in [5.74, 6) is -0.459. The van der Waals surface area contributed by atoms with Gasteiger partial charge in [-0.15, -0.1) is 11.3 Å². The molecule has 4 aromatic rings. The lowest BCUT2D eigenvalue weighted by atomic mass is 10.2. The minimum atomic E-state index is -0.800. The van der Waals surface area contributed by atoms with E-state index in [4.69, 9.17) is 4.74 Å². The fraction of sp³-hybridized carbons (Fsp3) is 0.0526. The van der Waals surface area contributed by atoms with Crippen LogP contribution in [0.3, 0.4) is 0 Å². The quantitative estimate of drug-likeness (QED) is 0.344. The number of rotatable bonds is 4. The number of hydrogen-bond donors (Lipinski definition) is 0. The van der Waals surface area contributed by atoms with E-state index in [2.05, 4.69) is 9.97 Å². The molecule has 0 fully saturated rings. The highest BCUT2D eigenvalue weighted by molar-refractivity contribution is 7.22. The average molecular weight is 381 g/mol. The second-order valence-corrected chi connectivity index (χ2v) is 6.88. The zero-order chi connectivity index (χ0) is 19.0. The van der Waals surface area contributed by atoms with E-state index in [9.17, 15) is 14.5 Å². The number of benzene rings is 1. The molecule has 0 saturated heterocycles. The summed E-state index contributed by atoms with van der Waals surface area (Å²) in [7, 11) is 0. The van der Waals surface area contributed by atoms with E-state index >= 15 is 0 Å². The van der Waals surface area contributed by atoms with Gasteiger partial charge in [0.25, 0.3) is 5.69 Å². The summed E-state index contributed by atoms with van der Waals surface area (Å²) in [6.07, 6.45) is 3.36. The Morgan fingerprint density at radius 1 is 1.11 bits per heavy atom.